The summed E-state index contributed by atoms with van der Waals surface area (Å²) in [7, 11) is 1.65. The van der Waals surface area contributed by atoms with E-state index in [4.69, 9.17) is 4.74 Å². The molecule has 0 atom stereocenters. The Balaban J connectivity index is 1.39. The van der Waals surface area contributed by atoms with Crippen LogP contribution in [0.15, 0.2) is 24.8 Å². The van der Waals surface area contributed by atoms with Crippen molar-refractivity contribution in [2.75, 3.05) is 25.1 Å². The van der Waals surface area contributed by atoms with Gasteiger partial charge in [0.1, 0.15) is 18.0 Å². The van der Waals surface area contributed by atoms with Crippen LogP contribution in [0.25, 0.3) is 0 Å². The van der Waals surface area contributed by atoms with Crippen molar-refractivity contribution in [3.05, 3.63) is 36.2 Å². The summed E-state index contributed by atoms with van der Waals surface area (Å²) in [5, 5.41) is 0. The van der Waals surface area contributed by atoms with Gasteiger partial charge in [-0.25, -0.2) is 19.9 Å². The zero-order valence-corrected chi connectivity index (χ0v) is 15.5. The van der Waals surface area contributed by atoms with Crippen LogP contribution < -0.4 is 9.64 Å². The van der Waals surface area contributed by atoms with Gasteiger partial charge in [-0.15, -0.1) is 0 Å². The second-order valence-electron chi connectivity index (χ2n) is 7.20. The minimum atomic E-state index is 0.535. The molecular weight excluding hydrogens is 328 g/mol. The minimum Gasteiger partial charge on any atom is -0.481 e. The highest BCUT2D eigenvalue weighted by atomic mass is 16.5. The lowest BCUT2D eigenvalue weighted by molar-refractivity contribution is 0.200. The van der Waals surface area contributed by atoms with Crippen LogP contribution in [0.3, 0.4) is 0 Å². The van der Waals surface area contributed by atoms with E-state index in [2.05, 4.69) is 29.7 Å². The number of hydrogen-bond acceptors (Lipinski definition) is 7. The number of ether oxygens (including phenoxy) is 1. The minimum absolute atomic E-state index is 0.535. The average molecular weight is 354 g/mol. The van der Waals surface area contributed by atoms with Crippen molar-refractivity contribution in [3.63, 3.8) is 0 Å². The van der Waals surface area contributed by atoms with E-state index in [0.29, 0.717) is 18.0 Å². The third-order valence-corrected chi connectivity index (χ3v) is 5.23. The topological polar surface area (TPSA) is 67.3 Å². The van der Waals surface area contributed by atoms with E-state index in [-0.39, 0.29) is 0 Å². The van der Waals surface area contributed by atoms with Crippen molar-refractivity contribution >= 4 is 5.82 Å². The Kier molecular flexibility index (Phi) is 4.97. The van der Waals surface area contributed by atoms with Crippen molar-refractivity contribution < 1.29 is 4.74 Å². The summed E-state index contributed by atoms with van der Waals surface area (Å²) in [5.41, 5.74) is 1.19. The van der Waals surface area contributed by atoms with E-state index in [1.807, 2.05) is 25.4 Å². The second-order valence-corrected chi connectivity index (χ2v) is 7.20. The van der Waals surface area contributed by atoms with Crippen molar-refractivity contribution in [3.8, 4) is 5.88 Å². The lowest BCUT2D eigenvalue weighted by Crippen LogP contribution is -2.46. The first-order valence-electron chi connectivity index (χ1n) is 9.37. The van der Waals surface area contributed by atoms with Crippen LogP contribution in [0.1, 0.15) is 37.1 Å². The van der Waals surface area contributed by atoms with E-state index < -0.39 is 0 Å². The number of aryl methyl sites for hydroxylation is 1. The van der Waals surface area contributed by atoms with Gasteiger partial charge in [0.25, 0.3) is 0 Å². The molecule has 0 N–H and O–H groups in total. The Labute approximate surface area is 154 Å². The number of piperidine rings is 1. The number of methoxy groups -OCH3 is 1. The Hall–Kier alpha value is -2.28. The molecule has 2 aromatic rings. The maximum absolute atomic E-state index is 5.29. The van der Waals surface area contributed by atoms with Gasteiger partial charge in [0, 0.05) is 55.7 Å². The van der Waals surface area contributed by atoms with Crippen LogP contribution in [0.2, 0.25) is 0 Å². The maximum atomic E-state index is 5.29. The third kappa shape index (κ3) is 3.93. The Bertz CT molecular complexity index is 725. The fourth-order valence-electron chi connectivity index (χ4n) is 3.72. The van der Waals surface area contributed by atoms with E-state index in [0.717, 1.165) is 44.1 Å². The molecule has 0 spiro atoms. The molecule has 2 aliphatic rings. The van der Waals surface area contributed by atoms with E-state index >= 15 is 0 Å². The normalized spacial score (nSPS) is 18.7. The molecule has 3 heterocycles. The fourth-order valence-corrected chi connectivity index (χ4v) is 3.72. The molecule has 0 bridgehead atoms. The number of hydrogen-bond donors (Lipinski definition) is 0. The van der Waals surface area contributed by atoms with Gasteiger partial charge in [-0.05, 0) is 32.6 Å². The molecule has 7 nitrogen and oxygen atoms in total. The molecule has 1 saturated carbocycles. The Morgan fingerprint density at radius 3 is 2.38 bits per heavy atom. The van der Waals surface area contributed by atoms with Crippen LogP contribution in [-0.2, 0) is 6.54 Å². The molecular formula is C19H26N6O. The molecule has 7 heteroatoms. The Morgan fingerprint density at radius 2 is 1.73 bits per heavy atom. The molecule has 138 valence electrons. The van der Waals surface area contributed by atoms with Gasteiger partial charge >= 0.3 is 0 Å². The number of nitrogens with zero attached hydrogens (tertiary/aromatic N) is 6. The molecule has 1 aliphatic heterocycles. The summed E-state index contributed by atoms with van der Waals surface area (Å²) in [6, 6.07) is 3.12. The summed E-state index contributed by atoms with van der Waals surface area (Å²) >= 11 is 0. The van der Waals surface area contributed by atoms with Crippen molar-refractivity contribution in [2.45, 2.75) is 51.2 Å². The highest BCUT2D eigenvalue weighted by Gasteiger charge is 2.36. The first-order chi connectivity index (χ1) is 12.7. The van der Waals surface area contributed by atoms with E-state index in [9.17, 15) is 0 Å². The standard InChI is InChI=1S/C19H26N6O/c1-14-20-10-15(11-21-14)12-24-7-5-17(6-8-24)25(16-3-4-16)18-9-19(26-2)23-13-22-18/h9-11,13,16-17H,3-8,12H2,1-2H3. The maximum Gasteiger partial charge on any atom is 0.218 e. The van der Waals surface area contributed by atoms with Crippen LogP contribution in [0.4, 0.5) is 5.82 Å². The number of anilines is 1. The predicted octanol–water partition coefficient (Wildman–Crippen LogP) is 2.22. The smallest absolute Gasteiger partial charge is 0.218 e. The number of aromatic nitrogens is 4. The first-order valence-corrected chi connectivity index (χ1v) is 9.37. The lowest BCUT2D eigenvalue weighted by atomic mass is 10.0. The van der Waals surface area contributed by atoms with Crippen LogP contribution in [0, 0.1) is 6.92 Å². The predicted molar refractivity (Wildman–Crippen MR) is 99.2 cm³/mol. The lowest BCUT2D eigenvalue weighted by Gasteiger charge is -2.39. The highest BCUT2D eigenvalue weighted by molar-refractivity contribution is 5.45. The molecule has 26 heavy (non-hydrogen) atoms. The number of rotatable bonds is 6. The molecule has 0 amide bonds. The van der Waals surface area contributed by atoms with Gasteiger partial charge in [-0.3, -0.25) is 4.90 Å². The van der Waals surface area contributed by atoms with Gasteiger partial charge < -0.3 is 9.64 Å². The van der Waals surface area contributed by atoms with E-state index in [1.54, 1.807) is 13.4 Å². The zero-order valence-electron chi connectivity index (χ0n) is 15.5. The molecule has 2 aromatic heterocycles. The summed E-state index contributed by atoms with van der Waals surface area (Å²) in [6.07, 6.45) is 10.3. The quantitative estimate of drug-likeness (QED) is 0.788. The van der Waals surface area contributed by atoms with Gasteiger partial charge in [0.2, 0.25) is 5.88 Å². The van der Waals surface area contributed by atoms with Gasteiger partial charge in [-0.2, -0.15) is 0 Å². The SMILES string of the molecule is COc1cc(N(C2CC2)C2CCN(Cc3cnc(C)nc3)CC2)ncn1. The van der Waals surface area contributed by atoms with Gasteiger partial charge in [-0.1, -0.05) is 0 Å². The summed E-state index contributed by atoms with van der Waals surface area (Å²) in [4.78, 5) is 22.3. The molecule has 0 radical (unpaired) electrons. The summed E-state index contributed by atoms with van der Waals surface area (Å²) in [6.45, 7) is 5.02. The molecule has 2 fully saturated rings. The summed E-state index contributed by atoms with van der Waals surface area (Å²) < 4.78 is 5.29. The fraction of sp³-hybridized carbons (Fsp3) is 0.579. The molecule has 1 saturated heterocycles. The number of likely N-dealkylation sites (tertiary alicyclic amines) is 1. The van der Waals surface area contributed by atoms with Crippen LogP contribution >= 0.6 is 0 Å². The zero-order chi connectivity index (χ0) is 17.9. The monoisotopic (exact) mass is 354 g/mol. The van der Waals surface area contributed by atoms with Crippen LogP contribution in [-0.4, -0.2) is 57.1 Å². The van der Waals surface area contributed by atoms with Gasteiger partial charge in [0.15, 0.2) is 0 Å². The largest absolute Gasteiger partial charge is 0.481 e. The third-order valence-electron chi connectivity index (χ3n) is 5.23. The average Bonchev–Trinajstić information content (AvgIpc) is 3.50. The first kappa shape index (κ1) is 17.1. The molecule has 0 unspecified atom stereocenters. The highest BCUT2D eigenvalue weighted by Crippen LogP contribution is 2.36. The Morgan fingerprint density at radius 1 is 1.04 bits per heavy atom. The van der Waals surface area contributed by atoms with Crippen molar-refractivity contribution in [1.82, 2.24) is 24.8 Å². The summed E-state index contributed by atoms with van der Waals surface area (Å²) in [5.74, 6) is 2.47. The molecule has 4 rings (SSSR count). The van der Waals surface area contributed by atoms with Crippen LogP contribution in [0.5, 0.6) is 5.88 Å². The second kappa shape index (κ2) is 7.53. The molecule has 1 aliphatic carbocycles. The molecule has 0 aromatic carbocycles. The van der Waals surface area contributed by atoms with Crippen molar-refractivity contribution in [2.24, 2.45) is 0 Å². The van der Waals surface area contributed by atoms with E-state index in [1.165, 1.54) is 18.4 Å². The van der Waals surface area contributed by atoms with Crippen molar-refractivity contribution in [1.29, 1.82) is 0 Å². The van der Waals surface area contributed by atoms with Gasteiger partial charge in [0.05, 0.1) is 7.11 Å².